The van der Waals surface area contributed by atoms with Gasteiger partial charge in [0.25, 0.3) is 0 Å². The van der Waals surface area contributed by atoms with Crippen LogP contribution in [0.25, 0.3) is 55.8 Å². The lowest BCUT2D eigenvalue weighted by Crippen LogP contribution is -2.20. The van der Waals surface area contributed by atoms with E-state index in [9.17, 15) is 8.78 Å². The Labute approximate surface area is 216 Å². The highest BCUT2D eigenvalue weighted by Gasteiger charge is 2.19. The number of hydrogen-bond donors (Lipinski definition) is 3. The first kappa shape index (κ1) is 23.6. The van der Waals surface area contributed by atoms with Gasteiger partial charge in [0.05, 0.1) is 11.2 Å². The second-order valence-corrected chi connectivity index (χ2v) is 9.18. The van der Waals surface area contributed by atoms with Crippen LogP contribution < -0.4 is 5.32 Å². The average Bonchev–Trinajstić information content (AvgIpc) is 3.53. The van der Waals surface area contributed by atoms with Crippen molar-refractivity contribution >= 4 is 27.6 Å². The summed E-state index contributed by atoms with van der Waals surface area (Å²) in [7, 11) is 3.96. The largest absolute Gasteiger partial charge is 0.384 e. The third-order valence-electron chi connectivity index (χ3n) is 6.20. The molecule has 38 heavy (non-hydrogen) atoms. The van der Waals surface area contributed by atoms with Gasteiger partial charge in [0, 0.05) is 53.9 Å². The Hall–Kier alpha value is -4.77. The maximum atomic E-state index is 15.0. The normalized spacial score (nSPS) is 11.6. The molecule has 0 fully saturated rings. The maximum Gasteiger partial charge on any atom is 0.157 e. The standard InChI is InChI=1S/C27H23F2N9/c1-38(2)6-5-32-19-8-16(7-18(28)11-19)23-26-22(3-4-33-23)34-27(35-26)25-20-9-15(17-12-30-14-31-13-17)10-21(29)24(20)36-37-25/h3-4,7-14,32H,5-6H2,1-2H3,(H,34,35)(H,36,37). The van der Waals surface area contributed by atoms with E-state index in [1.807, 2.05) is 31.1 Å². The van der Waals surface area contributed by atoms with Gasteiger partial charge in [-0.1, -0.05) is 0 Å². The smallest absolute Gasteiger partial charge is 0.157 e. The molecule has 0 aliphatic heterocycles. The Morgan fingerprint density at radius 3 is 2.61 bits per heavy atom. The van der Waals surface area contributed by atoms with Gasteiger partial charge in [0.1, 0.15) is 28.9 Å². The summed E-state index contributed by atoms with van der Waals surface area (Å²) in [6.07, 6.45) is 6.30. The van der Waals surface area contributed by atoms with Gasteiger partial charge in [-0.25, -0.2) is 23.7 Å². The van der Waals surface area contributed by atoms with Crippen LogP contribution >= 0.6 is 0 Å². The predicted octanol–water partition coefficient (Wildman–Crippen LogP) is 4.88. The molecule has 11 heteroatoms. The molecule has 4 heterocycles. The van der Waals surface area contributed by atoms with Crippen LogP contribution in [0.1, 0.15) is 0 Å². The van der Waals surface area contributed by atoms with Gasteiger partial charge in [-0.05, 0) is 56.1 Å². The van der Waals surface area contributed by atoms with Crippen LogP contribution in [-0.2, 0) is 0 Å². The fraction of sp³-hybridized carbons (Fsp3) is 0.148. The molecular formula is C27H23F2N9. The third kappa shape index (κ3) is 4.43. The molecule has 6 aromatic rings. The van der Waals surface area contributed by atoms with Gasteiger partial charge >= 0.3 is 0 Å². The number of anilines is 1. The van der Waals surface area contributed by atoms with Crippen molar-refractivity contribution in [3.8, 4) is 33.9 Å². The van der Waals surface area contributed by atoms with Gasteiger partial charge in [-0.3, -0.25) is 10.1 Å². The van der Waals surface area contributed by atoms with E-state index >= 15 is 0 Å². The number of rotatable bonds is 7. The Morgan fingerprint density at radius 2 is 1.79 bits per heavy atom. The summed E-state index contributed by atoms with van der Waals surface area (Å²) in [6, 6.07) is 9.75. The Bertz CT molecular complexity index is 1760. The number of nitrogens with zero attached hydrogens (tertiary/aromatic N) is 6. The van der Waals surface area contributed by atoms with E-state index in [2.05, 4.69) is 35.5 Å². The van der Waals surface area contributed by atoms with Crippen LogP contribution in [0.4, 0.5) is 14.5 Å². The number of aromatic amines is 2. The molecule has 9 nitrogen and oxygen atoms in total. The highest BCUT2D eigenvalue weighted by atomic mass is 19.1. The molecule has 0 amide bonds. The molecule has 0 unspecified atom stereocenters. The zero-order valence-corrected chi connectivity index (χ0v) is 20.6. The number of hydrogen-bond acceptors (Lipinski definition) is 7. The Morgan fingerprint density at radius 1 is 0.947 bits per heavy atom. The van der Waals surface area contributed by atoms with Crippen molar-refractivity contribution in [1.82, 2.24) is 40.0 Å². The van der Waals surface area contributed by atoms with Crippen molar-refractivity contribution in [3.63, 3.8) is 0 Å². The van der Waals surface area contributed by atoms with Crippen LogP contribution in [-0.4, -0.2) is 67.2 Å². The number of aromatic nitrogens is 7. The van der Waals surface area contributed by atoms with Crippen molar-refractivity contribution < 1.29 is 8.78 Å². The first-order valence-electron chi connectivity index (χ1n) is 11.9. The molecule has 0 spiro atoms. The fourth-order valence-electron chi connectivity index (χ4n) is 4.39. The summed E-state index contributed by atoms with van der Waals surface area (Å²) < 4.78 is 29.5. The molecule has 0 bridgehead atoms. The highest BCUT2D eigenvalue weighted by molar-refractivity contribution is 5.98. The zero-order chi connectivity index (χ0) is 26.2. The Kier molecular flexibility index (Phi) is 5.97. The molecule has 0 atom stereocenters. The quantitative estimate of drug-likeness (QED) is 0.280. The molecule has 0 aliphatic carbocycles. The summed E-state index contributed by atoms with van der Waals surface area (Å²) in [5.41, 5.74) is 5.04. The van der Waals surface area contributed by atoms with E-state index in [1.165, 1.54) is 24.5 Å². The summed E-state index contributed by atoms with van der Waals surface area (Å²) in [5.74, 6) is -0.397. The van der Waals surface area contributed by atoms with Gasteiger partial charge in [-0.15, -0.1) is 0 Å². The van der Waals surface area contributed by atoms with Gasteiger partial charge in [0.2, 0.25) is 0 Å². The first-order valence-corrected chi connectivity index (χ1v) is 11.9. The number of pyridine rings is 1. The minimum absolute atomic E-state index is 0.193. The average molecular weight is 512 g/mol. The molecule has 190 valence electrons. The van der Waals surface area contributed by atoms with E-state index < -0.39 is 5.82 Å². The summed E-state index contributed by atoms with van der Waals surface area (Å²) in [5, 5.41) is 10.9. The summed E-state index contributed by atoms with van der Waals surface area (Å²) in [6.45, 7) is 1.47. The molecule has 0 saturated heterocycles. The monoisotopic (exact) mass is 511 g/mol. The number of halogens is 2. The molecule has 2 aromatic carbocycles. The SMILES string of the molecule is CN(C)CCNc1cc(F)cc(-c2nccc3[nH]c(-c4[nH]nc5c(F)cc(-c6cncnc6)cc45)nc23)c1. The molecule has 0 saturated carbocycles. The third-order valence-corrected chi connectivity index (χ3v) is 6.20. The number of H-pyrrole nitrogens is 2. The number of benzene rings is 2. The lowest BCUT2D eigenvalue weighted by atomic mass is 10.1. The number of fused-ring (bicyclic) bond motifs is 2. The van der Waals surface area contributed by atoms with Crippen molar-refractivity contribution in [2.75, 3.05) is 32.5 Å². The molecule has 6 rings (SSSR count). The molecule has 3 N–H and O–H groups in total. The van der Waals surface area contributed by atoms with Crippen LogP contribution in [0, 0.1) is 11.6 Å². The van der Waals surface area contributed by atoms with Gasteiger partial charge in [-0.2, -0.15) is 5.10 Å². The predicted molar refractivity (Wildman–Crippen MR) is 142 cm³/mol. The minimum atomic E-state index is -0.476. The van der Waals surface area contributed by atoms with E-state index in [1.54, 1.807) is 24.7 Å². The second kappa shape index (κ2) is 9.60. The van der Waals surface area contributed by atoms with E-state index in [-0.39, 0.29) is 11.3 Å². The number of imidazole rings is 1. The zero-order valence-electron chi connectivity index (χ0n) is 20.6. The lowest BCUT2D eigenvalue weighted by Gasteiger charge is -2.12. The molecule has 0 aliphatic rings. The summed E-state index contributed by atoms with van der Waals surface area (Å²) >= 11 is 0. The minimum Gasteiger partial charge on any atom is -0.384 e. The van der Waals surface area contributed by atoms with Crippen molar-refractivity contribution in [1.29, 1.82) is 0 Å². The molecule has 4 aromatic heterocycles. The topological polar surface area (TPSA) is 111 Å². The van der Waals surface area contributed by atoms with Gasteiger partial charge in [0.15, 0.2) is 11.6 Å². The number of nitrogens with one attached hydrogen (secondary N) is 3. The lowest BCUT2D eigenvalue weighted by molar-refractivity contribution is 0.425. The first-order chi connectivity index (χ1) is 18.5. The number of likely N-dealkylation sites (N-methyl/N-ethyl adjacent to an activating group) is 1. The van der Waals surface area contributed by atoms with Gasteiger partial charge < -0.3 is 15.2 Å². The summed E-state index contributed by atoms with van der Waals surface area (Å²) in [4.78, 5) is 22.6. The molecular weight excluding hydrogens is 488 g/mol. The maximum absolute atomic E-state index is 15.0. The van der Waals surface area contributed by atoms with Crippen LogP contribution in [0.2, 0.25) is 0 Å². The highest BCUT2D eigenvalue weighted by Crippen LogP contribution is 2.34. The van der Waals surface area contributed by atoms with Crippen molar-refractivity contribution in [3.05, 3.63) is 73.0 Å². The fourth-order valence-corrected chi connectivity index (χ4v) is 4.39. The van der Waals surface area contributed by atoms with E-state index in [0.29, 0.717) is 62.6 Å². The van der Waals surface area contributed by atoms with E-state index in [0.717, 1.165) is 6.54 Å². The Balaban J connectivity index is 1.43. The van der Waals surface area contributed by atoms with Crippen LogP contribution in [0.15, 0.2) is 61.3 Å². The van der Waals surface area contributed by atoms with Crippen molar-refractivity contribution in [2.24, 2.45) is 0 Å². The van der Waals surface area contributed by atoms with Crippen LogP contribution in [0.3, 0.4) is 0 Å². The molecule has 0 radical (unpaired) electrons. The van der Waals surface area contributed by atoms with Crippen molar-refractivity contribution in [2.45, 2.75) is 0 Å². The second-order valence-electron chi connectivity index (χ2n) is 9.18. The van der Waals surface area contributed by atoms with E-state index in [4.69, 9.17) is 4.98 Å². The van der Waals surface area contributed by atoms with Crippen LogP contribution in [0.5, 0.6) is 0 Å².